The standard InChI is InChI=1S/C20H22ClNO4/c1-13-10-16(21)11-14(2)18(13)25-12-17(23)26-19(20(24)22(3)4)15-8-6-5-7-9-15/h5-11,19H,12H2,1-4H3/t19-/m1/s1. The van der Waals surface area contributed by atoms with Crippen molar-refractivity contribution < 1.29 is 19.1 Å². The van der Waals surface area contributed by atoms with Gasteiger partial charge < -0.3 is 14.4 Å². The zero-order valence-corrected chi connectivity index (χ0v) is 16.0. The summed E-state index contributed by atoms with van der Waals surface area (Å²) in [5.41, 5.74) is 2.26. The van der Waals surface area contributed by atoms with E-state index in [-0.39, 0.29) is 12.5 Å². The van der Waals surface area contributed by atoms with Crippen LogP contribution < -0.4 is 4.74 Å². The second-order valence-corrected chi connectivity index (χ2v) is 6.61. The maximum absolute atomic E-state index is 12.4. The number of ether oxygens (including phenoxy) is 2. The molecule has 1 atom stereocenters. The van der Waals surface area contributed by atoms with E-state index >= 15 is 0 Å². The van der Waals surface area contributed by atoms with E-state index < -0.39 is 12.1 Å². The van der Waals surface area contributed by atoms with Crippen LogP contribution in [0.1, 0.15) is 22.8 Å². The van der Waals surface area contributed by atoms with E-state index in [9.17, 15) is 9.59 Å². The molecule has 0 unspecified atom stereocenters. The fourth-order valence-electron chi connectivity index (χ4n) is 2.55. The number of benzene rings is 2. The monoisotopic (exact) mass is 375 g/mol. The van der Waals surface area contributed by atoms with Gasteiger partial charge in [0.15, 0.2) is 6.61 Å². The fourth-order valence-corrected chi connectivity index (χ4v) is 2.87. The first-order valence-corrected chi connectivity index (χ1v) is 8.52. The molecule has 6 heteroatoms. The molecular formula is C20H22ClNO4. The van der Waals surface area contributed by atoms with Crippen LogP contribution in [0.2, 0.25) is 5.02 Å². The SMILES string of the molecule is Cc1cc(Cl)cc(C)c1OCC(=O)O[C@@H](C(=O)N(C)C)c1ccccc1. The molecule has 2 aromatic rings. The van der Waals surface area contributed by atoms with Crippen molar-refractivity contribution >= 4 is 23.5 Å². The molecule has 0 bridgehead atoms. The number of hydrogen-bond acceptors (Lipinski definition) is 4. The van der Waals surface area contributed by atoms with Crippen LogP contribution in [-0.4, -0.2) is 37.5 Å². The molecule has 0 heterocycles. The van der Waals surface area contributed by atoms with Gasteiger partial charge in [0.1, 0.15) is 5.75 Å². The quantitative estimate of drug-likeness (QED) is 0.722. The van der Waals surface area contributed by atoms with Crippen LogP contribution >= 0.6 is 11.6 Å². The number of hydrogen-bond donors (Lipinski definition) is 0. The molecule has 0 aliphatic heterocycles. The third-order valence-corrected chi connectivity index (χ3v) is 3.99. The molecule has 138 valence electrons. The Balaban J connectivity index is 2.10. The van der Waals surface area contributed by atoms with E-state index in [1.807, 2.05) is 19.9 Å². The maximum Gasteiger partial charge on any atom is 0.345 e. The lowest BCUT2D eigenvalue weighted by Gasteiger charge is -2.21. The van der Waals surface area contributed by atoms with Gasteiger partial charge in [0, 0.05) is 24.7 Å². The van der Waals surface area contributed by atoms with Gasteiger partial charge >= 0.3 is 5.97 Å². The molecule has 1 amide bonds. The Morgan fingerprint density at radius 1 is 1.08 bits per heavy atom. The summed E-state index contributed by atoms with van der Waals surface area (Å²) in [5, 5.41) is 0.607. The summed E-state index contributed by atoms with van der Waals surface area (Å²) in [6, 6.07) is 12.4. The summed E-state index contributed by atoms with van der Waals surface area (Å²) in [6.07, 6.45) is -1.00. The zero-order chi connectivity index (χ0) is 19.3. The minimum atomic E-state index is -1.00. The van der Waals surface area contributed by atoms with E-state index in [0.29, 0.717) is 16.3 Å². The highest BCUT2D eigenvalue weighted by Gasteiger charge is 2.26. The number of carbonyl (C=O) groups is 2. The maximum atomic E-state index is 12.4. The van der Waals surface area contributed by atoms with Crippen LogP contribution in [0.3, 0.4) is 0 Å². The van der Waals surface area contributed by atoms with Crippen molar-refractivity contribution in [3.63, 3.8) is 0 Å². The Labute approximate surface area is 158 Å². The topological polar surface area (TPSA) is 55.8 Å². The summed E-state index contributed by atoms with van der Waals surface area (Å²) >= 11 is 6.00. The number of nitrogens with zero attached hydrogens (tertiary/aromatic N) is 1. The van der Waals surface area contributed by atoms with Gasteiger partial charge in [0.25, 0.3) is 5.91 Å². The molecule has 0 N–H and O–H groups in total. The Morgan fingerprint density at radius 2 is 1.65 bits per heavy atom. The summed E-state index contributed by atoms with van der Waals surface area (Å²) in [4.78, 5) is 26.1. The first kappa shape index (κ1) is 19.8. The van der Waals surface area contributed by atoms with Gasteiger partial charge in [-0.2, -0.15) is 0 Å². The van der Waals surface area contributed by atoms with Crippen molar-refractivity contribution in [3.05, 3.63) is 64.2 Å². The van der Waals surface area contributed by atoms with Crippen LogP contribution in [0.25, 0.3) is 0 Å². The first-order chi connectivity index (χ1) is 12.3. The second kappa shape index (κ2) is 8.72. The molecule has 0 spiro atoms. The molecule has 0 radical (unpaired) electrons. The van der Waals surface area contributed by atoms with Crippen molar-refractivity contribution in [3.8, 4) is 5.75 Å². The van der Waals surface area contributed by atoms with Crippen molar-refractivity contribution in [1.29, 1.82) is 0 Å². The minimum absolute atomic E-state index is 0.298. The average Bonchev–Trinajstić information content (AvgIpc) is 2.58. The molecule has 26 heavy (non-hydrogen) atoms. The average molecular weight is 376 g/mol. The number of esters is 1. The Morgan fingerprint density at radius 3 is 2.19 bits per heavy atom. The zero-order valence-electron chi connectivity index (χ0n) is 15.3. The van der Waals surface area contributed by atoms with Crippen LogP contribution in [0.5, 0.6) is 5.75 Å². The summed E-state index contributed by atoms with van der Waals surface area (Å²) < 4.78 is 11.0. The molecule has 5 nitrogen and oxygen atoms in total. The predicted molar refractivity (Wildman–Crippen MR) is 100 cm³/mol. The number of likely N-dealkylation sites (N-methyl/N-ethyl adjacent to an activating group) is 1. The van der Waals surface area contributed by atoms with Gasteiger partial charge in [0.05, 0.1) is 0 Å². The van der Waals surface area contributed by atoms with Crippen LogP contribution in [-0.2, 0) is 14.3 Å². The summed E-state index contributed by atoms with van der Waals surface area (Å²) in [6.45, 7) is 3.40. The molecule has 2 aromatic carbocycles. The van der Waals surface area contributed by atoms with E-state index in [1.165, 1.54) is 4.90 Å². The van der Waals surface area contributed by atoms with E-state index in [1.54, 1.807) is 50.5 Å². The largest absolute Gasteiger partial charge is 0.481 e. The summed E-state index contributed by atoms with van der Waals surface area (Å²) in [5.74, 6) is -0.354. The highest BCUT2D eigenvalue weighted by molar-refractivity contribution is 6.30. The van der Waals surface area contributed by atoms with Gasteiger partial charge in [-0.25, -0.2) is 4.79 Å². The normalized spacial score (nSPS) is 11.6. The lowest BCUT2D eigenvalue weighted by molar-refractivity contribution is -0.161. The number of amides is 1. The van der Waals surface area contributed by atoms with Gasteiger partial charge in [0.2, 0.25) is 6.10 Å². The summed E-state index contributed by atoms with van der Waals surface area (Å²) in [7, 11) is 3.23. The van der Waals surface area contributed by atoms with E-state index in [0.717, 1.165) is 11.1 Å². The van der Waals surface area contributed by atoms with Gasteiger partial charge in [-0.3, -0.25) is 4.79 Å². The van der Waals surface area contributed by atoms with Crippen molar-refractivity contribution in [2.75, 3.05) is 20.7 Å². The third kappa shape index (κ3) is 4.99. The van der Waals surface area contributed by atoms with Crippen LogP contribution in [0.15, 0.2) is 42.5 Å². The van der Waals surface area contributed by atoms with E-state index in [4.69, 9.17) is 21.1 Å². The van der Waals surface area contributed by atoms with Crippen LogP contribution in [0.4, 0.5) is 0 Å². The van der Waals surface area contributed by atoms with Crippen LogP contribution in [0, 0.1) is 13.8 Å². The molecule has 0 aliphatic rings. The van der Waals surface area contributed by atoms with Gasteiger partial charge in [-0.15, -0.1) is 0 Å². The number of carbonyl (C=O) groups excluding carboxylic acids is 2. The lowest BCUT2D eigenvalue weighted by atomic mass is 10.1. The predicted octanol–water partition coefficient (Wildman–Crippen LogP) is 3.71. The molecular weight excluding hydrogens is 354 g/mol. The highest BCUT2D eigenvalue weighted by Crippen LogP contribution is 2.27. The van der Waals surface area contributed by atoms with Crippen molar-refractivity contribution in [1.82, 2.24) is 4.90 Å². The molecule has 2 rings (SSSR count). The Bertz CT molecular complexity index is 767. The Hall–Kier alpha value is -2.53. The second-order valence-electron chi connectivity index (χ2n) is 6.17. The number of halogens is 1. The number of aryl methyl sites for hydroxylation is 2. The van der Waals surface area contributed by atoms with E-state index in [2.05, 4.69) is 0 Å². The lowest BCUT2D eigenvalue weighted by Crippen LogP contribution is -2.32. The van der Waals surface area contributed by atoms with Gasteiger partial charge in [-0.1, -0.05) is 41.9 Å². The third-order valence-electron chi connectivity index (χ3n) is 3.78. The molecule has 0 saturated carbocycles. The van der Waals surface area contributed by atoms with Crippen molar-refractivity contribution in [2.24, 2.45) is 0 Å². The smallest absolute Gasteiger partial charge is 0.345 e. The molecule has 0 fully saturated rings. The van der Waals surface area contributed by atoms with Crippen molar-refractivity contribution in [2.45, 2.75) is 20.0 Å². The fraction of sp³-hybridized carbons (Fsp3) is 0.300. The Kier molecular flexibility index (Phi) is 6.64. The number of rotatable bonds is 6. The molecule has 0 aromatic heterocycles. The minimum Gasteiger partial charge on any atom is -0.481 e. The van der Waals surface area contributed by atoms with Gasteiger partial charge in [-0.05, 0) is 37.1 Å². The highest BCUT2D eigenvalue weighted by atomic mass is 35.5. The molecule has 0 aliphatic carbocycles. The molecule has 0 saturated heterocycles. The first-order valence-electron chi connectivity index (χ1n) is 8.14.